The van der Waals surface area contributed by atoms with Gasteiger partial charge in [0.25, 0.3) is 0 Å². The highest BCUT2D eigenvalue weighted by atomic mass is 16.7. The van der Waals surface area contributed by atoms with Gasteiger partial charge < -0.3 is 19.5 Å². The monoisotopic (exact) mass is 344 g/mol. The van der Waals surface area contributed by atoms with Crippen molar-refractivity contribution in [3.05, 3.63) is 28.8 Å². The van der Waals surface area contributed by atoms with Crippen LogP contribution in [0.1, 0.15) is 49.3 Å². The van der Waals surface area contributed by atoms with Crippen LogP contribution in [0.5, 0.6) is 0 Å². The summed E-state index contributed by atoms with van der Waals surface area (Å²) in [5.41, 5.74) is 4.07. The van der Waals surface area contributed by atoms with Crippen LogP contribution < -0.4 is 4.90 Å². The predicted octanol–water partition coefficient (Wildman–Crippen LogP) is 2.78. The van der Waals surface area contributed by atoms with Gasteiger partial charge in [-0.05, 0) is 62.6 Å². The summed E-state index contributed by atoms with van der Waals surface area (Å²) in [6.45, 7) is 5.12. The lowest BCUT2D eigenvalue weighted by Gasteiger charge is -2.24. The van der Waals surface area contributed by atoms with E-state index >= 15 is 0 Å². The molecule has 2 aliphatic heterocycles. The number of ether oxygens (including phenoxy) is 2. The van der Waals surface area contributed by atoms with E-state index in [-0.39, 0.29) is 12.4 Å². The fourth-order valence-electron chi connectivity index (χ4n) is 3.77. The molecule has 5 heteroatoms. The summed E-state index contributed by atoms with van der Waals surface area (Å²) < 4.78 is 11.4. The second-order valence-electron chi connectivity index (χ2n) is 7.07. The number of hydrogen-bond donors (Lipinski definition) is 1. The third-order valence-electron chi connectivity index (χ3n) is 4.88. The van der Waals surface area contributed by atoms with Gasteiger partial charge in [0.15, 0.2) is 6.29 Å². The second kappa shape index (κ2) is 8.66. The van der Waals surface area contributed by atoms with Gasteiger partial charge in [-0.3, -0.25) is 0 Å². The molecule has 2 atom stereocenters. The zero-order chi connectivity index (χ0) is 17.6. The lowest BCUT2D eigenvalue weighted by Crippen LogP contribution is -2.26. The first-order valence-electron chi connectivity index (χ1n) is 9.39. The topological polar surface area (TPSA) is 65.7 Å². The van der Waals surface area contributed by atoms with Gasteiger partial charge in [-0.25, -0.2) is 0 Å². The van der Waals surface area contributed by atoms with E-state index in [0.717, 1.165) is 62.2 Å². The molecule has 1 saturated heterocycles. The number of fused-ring (bicyclic) bond motifs is 1. The number of hydrogen-bond acceptors (Lipinski definition) is 5. The molecule has 5 nitrogen and oxygen atoms in total. The van der Waals surface area contributed by atoms with Crippen LogP contribution in [-0.4, -0.2) is 43.8 Å². The first kappa shape index (κ1) is 18.2. The normalized spacial score (nSPS) is 21.0. The van der Waals surface area contributed by atoms with Gasteiger partial charge in [0, 0.05) is 19.7 Å². The molecule has 0 bridgehead atoms. The number of benzene rings is 1. The Bertz CT molecular complexity index is 618. The van der Waals surface area contributed by atoms with Crippen LogP contribution >= 0.6 is 0 Å². The molecule has 0 radical (unpaired) electrons. The van der Waals surface area contributed by atoms with E-state index in [1.54, 1.807) is 6.92 Å². The maximum absolute atomic E-state index is 9.60. The molecule has 0 aromatic heterocycles. The number of nitrogens with zero attached hydrogens (tertiary/aromatic N) is 2. The molecule has 0 amide bonds. The summed E-state index contributed by atoms with van der Waals surface area (Å²) in [7, 11) is 0. The fraction of sp³-hybridized carbons (Fsp3) is 0.650. The van der Waals surface area contributed by atoms with Gasteiger partial charge in [0.05, 0.1) is 24.0 Å². The Morgan fingerprint density at radius 3 is 3.04 bits per heavy atom. The van der Waals surface area contributed by atoms with Crippen molar-refractivity contribution in [2.75, 3.05) is 31.2 Å². The third-order valence-corrected chi connectivity index (χ3v) is 4.88. The first-order chi connectivity index (χ1) is 12.2. The van der Waals surface area contributed by atoms with Gasteiger partial charge >= 0.3 is 0 Å². The maximum Gasteiger partial charge on any atom is 0.157 e. The van der Waals surface area contributed by atoms with E-state index in [1.807, 2.05) is 6.07 Å². The molecule has 0 spiro atoms. The van der Waals surface area contributed by atoms with Crippen LogP contribution in [0.2, 0.25) is 0 Å². The van der Waals surface area contributed by atoms with Crippen molar-refractivity contribution in [1.82, 2.24) is 0 Å². The summed E-state index contributed by atoms with van der Waals surface area (Å²) >= 11 is 0. The van der Waals surface area contributed by atoms with Crippen molar-refractivity contribution in [2.24, 2.45) is 0 Å². The quantitative estimate of drug-likeness (QED) is 0.771. The molecule has 0 saturated carbocycles. The molecule has 2 aliphatic rings. The number of nitriles is 1. The molecular weight excluding hydrogens is 316 g/mol. The van der Waals surface area contributed by atoms with Gasteiger partial charge in [-0.2, -0.15) is 5.26 Å². The van der Waals surface area contributed by atoms with Crippen molar-refractivity contribution in [3.8, 4) is 6.07 Å². The molecule has 2 heterocycles. The third kappa shape index (κ3) is 4.72. The Morgan fingerprint density at radius 1 is 1.44 bits per heavy atom. The average molecular weight is 344 g/mol. The highest BCUT2D eigenvalue weighted by Gasteiger charge is 2.23. The lowest BCUT2D eigenvalue weighted by atomic mass is 10.00. The van der Waals surface area contributed by atoms with Crippen LogP contribution in [0.25, 0.3) is 0 Å². The van der Waals surface area contributed by atoms with Gasteiger partial charge in [0.2, 0.25) is 0 Å². The molecule has 1 aromatic carbocycles. The maximum atomic E-state index is 9.60. The zero-order valence-electron chi connectivity index (χ0n) is 15.0. The Hall–Kier alpha value is -1.61. The number of aliphatic hydroxyl groups excluding tert-OH is 1. The van der Waals surface area contributed by atoms with E-state index in [4.69, 9.17) is 9.47 Å². The molecular formula is C20H28N2O3. The summed E-state index contributed by atoms with van der Waals surface area (Å²) in [6.07, 6.45) is 5.39. The van der Waals surface area contributed by atoms with E-state index in [9.17, 15) is 10.4 Å². The van der Waals surface area contributed by atoms with Crippen LogP contribution in [0.4, 0.5) is 5.69 Å². The van der Waals surface area contributed by atoms with Crippen molar-refractivity contribution in [2.45, 2.75) is 57.8 Å². The minimum absolute atomic E-state index is 0.0303. The summed E-state index contributed by atoms with van der Waals surface area (Å²) in [4.78, 5) is 2.30. The van der Waals surface area contributed by atoms with Crippen LogP contribution in [0.3, 0.4) is 0 Å². The smallest absolute Gasteiger partial charge is 0.157 e. The Kier molecular flexibility index (Phi) is 6.30. The van der Waals surface area contributed by atoms with E-state index in [0.29, 0.717) is 13.0 Å². The molecule has 1 N–H and O–H groups in total. The van der Waals surface area contributed by atoms with Crippen molar-refractivity contribution in [3.63, 3.8) is 0 Å². The molecule has 3 rings (SSSR count). The molecule has 1 fully saturated rings. The van der Waals surface area contributed by atoms with Gasteiger partial charge in [0.1, 0.15) is 6.07 Å². The molecule has 0 aliphatic carbocycles. The van der Waals surface area contributed by atoms with Crippen LogP contribution in [0.15, 0.2) is 12.1 Å². The summed E-state index contributed by atoms with van der Waals surface area (Å²) in [5.74, 6) is 0. The standard InChI is InChI=1S/C20H28N2O3/c1-15(23)11-16-12-17-6-8-22(20(17)18(13-16)14-21)7-4-10-25-19-5-2-3-9-24-19/h12-13,15,19,23H,2-11H2,1H3. The Balaban J connectivity index is 1.56. The molecule has 1 aromatic rings. The number of rotatable bonds is 7. The van der Waals surface area contributed by atoms with Crippen molar-refractivity contribution in [1.29, 1.82) is 5.26 Å². The van der Waals surface area contributed by atoms with Crippen LogP contribution in [-0.2, 0) is 22.3 Å². The zero-order valence-corrected chi connectivity index (χ0v) is 15.0. The minimum Gasteiger partial charge on any atom is -0.393 e. The Morgan fingerprint density at radius 2 is 2.32 bits per heavy atom. The average Bonchev–Trinajstić information content (AvgIpc) is 3.01. The van der Waals surface area contributed by atoms with E-state index < -0.39 is 0 Å². The SMILES string of the molecule is CC(O)Cc1cc(C#N)c2c(c1)CCN2CCCOC1CCCCO1. The summed E-state index contributed by atoms with van der Waals surface area (Å²) in [5, 5.41) is 19.1. The van der Waals surface area contributed by atoms with Gasteiger partial charge in [-0.1, -0.05) is 6.07 Å². The number of aliphatic hydroxyl groups is 1. The molecule has 25 heavy (non-hydrogen) atoms. The van der Waals surface area contributed by atoms with Crippen LogP contribution in [0, 0.1) is 11.3 Å². The van der Waals surface area contributed by atoms with E-state index in [1.165, 1.54) is 12.0 Å². The summed E-state index contributed by atoms with van der Waals surface area (Å²) in [6, 6.07) is 6.41. The molecule has 2 unspecified atom stereocenters. The second-order valence-corrected chi connectivity index (χ2v) is 7.07. The first-order valence-corrected chi connectivity index (χ1v) is 9.39. The van der Waals surface area contributed by atoms with E-state index in [2.05, 4.69) is 17.0 Å². The van der Waals surface area contributed by atoms with Crippen molar-refractivity contribution < 1.29 is 14.6 Å². The van der Waals surface area contributed by atoms with Crippen molar-refractivity contribution >= 4 is 5.69 Å². The largest absolute Gasteiger partial charge is 0.393 e. The highest BCUT2D eigenvalue weighted by molar-refractivity contribution is 5.68. The highest BCUT2D eigenvalue weighted by Crippen LogP contribution is 2.33. The number of anilines is 1. The van der Waals surface area contributed by atoms with Gasteiger partial charge in [-0.15, -0.1) is 0 Å². The Labute approximate surface area is 150 Å². The fourth-order valence-corrected chi connectivity index (χ4v) is 3.77. The lowest BCUT2D eigenvalue weighted by molar-refractivity contribution is -0.162. The molecule has 136 valence electrons. The minimum atomic E-state index is -0.388. The predicted molar refractivity (Wildman–Crippen MR) is 96.6 cm³/mol.